The fourth-order valence-corrected chi connectivity index (χ4v) is 1.94. The number of carbonyl (C=O) groups is 3. The lowest BCUT2D eigenvalue weighted by molar-refractivity contribution is -0.139. The molecule has 2 aromatic rings. The van der Waals surface area contributed by atoms with Crippen LogP contribution in [0.4, 0.5) is 5.69 Å². The highest BCUT2D eigenvalue weighted by Crippen LogP contribution is 2.20. The Bertz CT molecular complexity index is 837. The van der Waals surface area contributed by atoms with Gasteiger partial charge in [-0.05, 0) is 42.0 Å². The van der Waals surface area contributed by atoms with Gasteiger partial charge in [0.2, 0.25) is 0 Å². The highest BCUT2D eigenvalue weighted by molar-refractivity contribution is 6.41. The van der Waals surface area contributed by atoms with Crippen molar-refractivity contribution in [3.05, 3.63) is 59.1 Å². The van der Waals surface area contributed by atoms with Crippen molar-refractivity contribution in [3.8, 4) is 5.75 Å². The maximum absolute atomic E-state index is 11.8. The number of benzene rings is 2. The van der Waals surface area contributed by atoms with E-state index in [-0.39, 0.29) is 0 Å². The van der Waals surface area contributed by atoms with Crippen LogP contribution < -0.4 is 15.5 Å². The number of hydrogen-bond donors (Lipinski definition) is 3. The van der Waals surface area contributed by atoms with Gasteiger partial charge >= 0.3 is 17.8 Å². The van der Waals surface area contributed by atoms with Crippen molar-refractivity contribution in [3.63, 3.8) is 0 Å². The molecule has 0 aliphatic heterocycles. The molecule has 2 amide bonds. The van der Waals surface area contributed by atoms with Crippen molar-refractivity contribution in [1.82, 2.24) is 5.43 Å². The summed E-state index contributed by atoms with van der Waals surface area (Å²) in [6.45, 7) is -0.440. The number of nitrogens with one attached hydrogen (secondary N) is 2. The molecule has 0 radical (unpaired) electrons. The Morgan fingerprint density at radius 3 is 2.42 bits per heavy atom. The molecular weight excluding hydrogens is 362 g/mol. The summed E-state index contributed by atoms with van der Waals surface area (Å²) in [7, 11) is 0. The summed E-state index contributed by atoms with van der Waals surface area (Å²) < 4.78 is 4.99. The molecule has 0 saturated heterocycles. The van der Waals surface area contributed by atoms with Gasteiger partial charge in [-0.15, -0.1) is 0 Å². The lowest BCUT2D eigenvalue weighted by Gasteiger charge is -2.05. The number of carboxylic acid groups (broad SMARTS) is 1. The molecule has 0 aliphatic carbocycles. The molecule has 0 saturated carbocycles. The van der Waals surface area contributed by atoms with Gasteiger partial charge in [-0.3, -0.25) is 9.59 Å². The van der Waals surface area contributed by atoms with Gasteiger partial charge in [-0.25, -0.2) is 10.2 Å². The molecule has 8 nitrogen and oxygen atoms in total. The third kappa shape index (κ3) is 5.91. The maximum Gasteiger partial charge on any atom is 0.341 e. The van der Waals surface area contributed by atoms with Gasteiger partial charge in [0.25, 0.3) is 0 Å². The van der Waals surface area contributed by atoms with Crippen molar-refractivity contribution in [2.24, 2.45) is 5.10 Å². The average molecular weight is 376 g/mol. The molecule has 26 heavy (non-hydrogen) atoms. The second-order valence-corrected chi connectivity index (χ2v) is 5.29. The number of aliphatic carboxylic acids is 1. The molecule has 134 valence electrons. The zero-order valence-corrected chi connectivity index (χ0v) is 14.1. The van der Waals surface area contributed by atoms with Crippen LogP contribution in [0.15, 0.2) is 53.6 Å². The summed E-state index contributed by atoms with van der Waals surface area (Å²) in [4.78, 5) is 33.9. The number of carboxylic acids is 1. The smallest absolute Gasteiger partial charge is 0.341 e. The van der Waals surface area contributed by atoms with E-state index in [0.717, 1.165) is 0 Å². The first kappa shape index (κ1) is 18.9. The van der Waals surface area contributed by atoms with E-state index in [2.05, 4.69) is 15.8 Å². The normalized spacial score (nSPS) is 10.3. The number of amides is 2. The van der Waals surface area contributed by atoms with Gasteiger partial charge in [0.1, 0.15) is 5.75 Å². The molecule has 3 N–H and O–H groups in total. The van der Waals surface area contributed by atoms with Crippen molar-refractivity contribution in [2.45, 2.75) is 0 Å². The predicted molar refractivity (Wildman–Crippen MR) is 95.4 cm³/mol. The fourth-order valence-electron chi connectivity index (χ4n) is 1.75. The van der Waals surface area contributed by atoms with Gasteiger partial charge in [-0.2, -0.15) is 5.10 Å². The molecule has 0 heterocycles. The molecule has 0 aromatic heterocycles. The van der Waals surface area contributed by atoms with Crippen LogP contribution in [0.25, 0.3) is 0 Å². The minimum Gasteiger partial charge on any atom is -0.482 e. The number of ether oxygens (including phenoxy) is 1. The molecule has 0 aliphatic rings. The second-order valence-electron chi connectivity index (χ2n) is 4.88. The summed E-state index contributed by atoms with van der Waals surface area (Å²) in [5.74, 6) is -2.56. The Hall–Kier alpha value is -3.39. The first-order chi connectivity index (χ1) is 12.5. The molecule has 0 fully saturated rings. The molecule has 0 atom stereocenters. The van der Waals surface area contributed by atoms with E-state index in [4.69, 9.17) is 21.4 Å². The molecule has 0 spiro atoms. The first-order valence-corrected chi connectivity index (χ1v) is 7.67. The predicted octanol–water partition coefficient (Wildman–Crippen LogP) is 1.89. The number of nitrogens with zero attached hydrogens (tertiary/aromatic N) is 1. The van der Waals surface area contributed by atoms with Crippen molar-refractivity contribution in [2.75, 3.05) is 11.9 Å². The lowest BCUT2D eigenvalue weighted by Crippen LogP contribution is -2.32. The number of hydrazone groups is 1. The van der Waals surface area contributed by atoms with Gasteiger partial charge in [-0.1, -0.05) is 23.7 Å². The summed E-state index contributed by atoms with van der Waals surface area (Å²) >= 11 is 5.89. The third-order valence-electron chi connectivity index (χ3n) is 2.95. The van der Waals surface area contributed by atoms with Crippen molar-refractivity contribution >= 4 is 41.3 Å². The number of hydrogen-bond acceptors (Lipinski definition) is 5. The lowest BCUT2D eigenvalue weighted by atomic mass is 10.2. The van der Waals surface area contributed by atoms with Crippen LogP contribution in [0.5, 0.6) is 5.75 Å². The highest BCUT2D eigenvalue weighted by Gasteiger charge is 2.14. The van der Waals surface area contributed by atoms with Crippen LogP contribution >= 0.6 is 11.6 Å². The fraction of sp³-hybridized carbons (Fsp3) is 0.0588. The number of anilines is 1. The van der Waals surface area contributed by atoms with Crippen LogP contribution in [-0.4, -0.2) is 35.7 Å². The monoisotopic (exact) mass is 375 g/mol. The number of rotatable bonds is 6. The molecular formula is C17H14ClN3O5. The number of carbonyl (C=O) groups excluding carboxylic acids is 2. The summed E-state index contributed by atoms with van der Waals surface area (Å²) in [6.07, 6.45) is 1.32. The standard InChI is InChI=1S/C17H14ClN3O5/c18-13-3-1-2-4-14(13)20-16(24)17(25)21-19-9-11-5-7-12(8-6-11)26-10-15(22)23/h1-9H,10H2,(H,20,24)(H,21,25)(H,22,23). The zero-order chi connectivity index (χ0) is 18.9. The Labute approximate surface area is 153 Å². The van der Waals surface area contributed by atoms with Gasteiger partial charge < -0.3 is 15.2 Å². The molecule has 0 bridgehead atoms. The van der Waals surface area contributed by atoms with E-state index < -0.39 is 24.4 Å². The van der Waals surface area contributed by atoms with Crippen molar-refractivity contribution in [1.29, 1.82) is 0 Å². The second kappa shape index (κ2) is 9.19. The third-order valence-corrected chi connectivity index (χ3v) is 3.28. The van der Waals surface area contributed by atoms with E-state index >= 15 is 0 Å². The van der Waals surface area contributed by atoms with E-state index in [1.165, 1.54) is 6.21 Å². The van der Waals surface area contributed by atoms with E-state index in [1.807, 2.05) is 0 Å². The van der Waals surface area contributed by atoms with Crippen molar-refractivity contribution < 1.29 is 24.2 Å². The molecule has 2 aromatic carbocycles. The Morgan fingerprint density at radius 2 is 1.77 bits per heavy atom. The topological polar surface area (TPSA) is 117 Å². The molecule has 2 rings (SSSR count). The van der Waals surface area contributed by atoms with E-state index in [0.29, 0.717) is 22.0 Å². The van der Waals surface area contributed by atoms with Gasteiger partial charge in [0.05, 0.1) is 16.9 Å². The number of para-hydroxylation sites is 1. The Morgan fingerprint density at radius 1 is 1.08 bits per heavy atom. The number of halogens is 1. The summed E-state index contributed by atoms with van der Waals surface area (Å²) in [5.41, 5.74) is 3.02. The Kier molecular flexibility index (Phi) is 6.69. The highest BCUT2D eigenvalue weighted by atomic mass is 35.5. The zero-order valence-electron chi connectivity index (χ0n) is 13.3. The average Bonchev–Trinajstić information content (AvgIpc) is 2.62. The van der Waals surface area contributed by atoms with Crippen LogP contribution in [0.2, 0.25) is 5.02 Å². The van der Waals surface area contributed by atoms with E-state index in [1.54, 1.807) is 48.5 Å². The van der Waals surface area contributed by atoms with Crippen LogP contribution in [0.3, 0.4) is 0 Å². The SMILES string of the molecule is O=C(O)COc1ccc(C=NNC(=O)C(=O)Nc2ccccc2Cl)cc1. The van der Waals surface area contributed by atoms with E-state index in [9.17, 15) is 14.4 Å². The quantitative estimate of drug-likeness (QED) is 0.405. The Balaban J connectivity index is 1.85. The maximum atomic E-state index is 11.8. The van der Waals surface area contributed by atoms with Crippen LogP contribution in [0.1, 0.15) is 5.56 Å². The minimum absolute atomic E-state index is 0.308. The first-order valence-electron chi connectivity index (χ1n) is 7.29. The van der Waals surface area contributed by atoms with Crippen LogP contribution in [-0.2, 0) is 14.4 Å². The largest absolute Gasteiger partial charge is 0.482 e. The van der Waals surface area contributed by atoms with Gasteiger partial charge in [0.15, 0.2) is 6.61 Å². The molecule has 0 unspecified atom stereocenters. The minimum atomic E-state index is -1.08. The molecule has 9 heteroatoms. The summed E-state index contributed by atoms with van der Waals surface area (Å²) in [5, 5.41) is 14.9. The van der Waals surface area contributed by atoms with Crippen LogP contribution in [0, 0.1) is 0 Å². The summed E-state index contributed by atoms with van der Waals surface area (Å²) in [6, 6.07) is 12.8. The van der Waals surface area contributed by atoms with Gasteiger partial charge in [0, 0.05) is 0 Å².